The minimum Gasteiger partial charge on any atom is -0.508 e. The number of oxazole rings is 1. The Balaban J connectivity index is 1.72. The molecule has 2 rings (SSSR count). The minimum atomic E-state index is -0.365. The molecule has 94 valence electrons. The highest BCUT2D eigenvalue weighted by Crippen LogP contribution is 2.12. The lowest BCUT2D eigenvalue weighted by molar-refractivity contribution is -0.136. The lowest BCUT2D eigenvalue weighted by Crippen LogP contribution is -2.08. The molecule has 5 nitrogen and oxygen atoms in total. The van der Waals surface area contributed by atoms with Gasteiger partial charge in [-0.15, -0.1) is 0 Å². The maximum Gasteiger partial charge on any atom is 0.401 e. The van der Waals surface area contributed by atoms with Crippen LogP contribution in [0.1, 0.15) is 18.4 Å². The summed E-state index contributed by atoms with van der Waals surface area (Å²) in [5, 5.41) is 9.12. The van der Waals surface area contributed by atoms with Gasteiger partial charge in [-0.25, -0.2) is 0 Å². The van der Waals surface area contributed by atoms with Crippen molar-refractivity contribution in [1.29, 1.82) is 0 Å². The largest absolute Gasteiger partial charge is 0.508 e. The predicted octanol–water partition coefficient (Wildman–Crippen LogP) is 2.31. The van der Waals surface area contributed by atoms with Crippen molar-refractivity contribution in [2.45, 2.75) is 19.3 Å². The van der Waals surface area contributed by atoms with E-state index in [1.54, 1.807) is 12.1 Å². The standard InChI is InChI=1S/C13H13NO4/c15-11-6-4-10(5-7-11)2-1-3-12(16)18-13-14-8-9-17-13/h4-9,15H,1-3H2. The summed E-state index contributed by atoms with van der Waals surface area (Å²) >= 11 is 0. The Hall–Kier alpha value is -2.30. The second-order valence-corrected chi connectivity index (χ2v) is 3.79. The van der Waals surface area contributed by atoms with E-state index in [0.717, 1.165) is 12.0 Å². The molecule has 0 fully saturated rings. The van der Waals surface area contributed by atoms with E-state index in [9.17, 15) is 4.79 Å². The van der Waals surface area contributed by atoms with Gasteiger partial charge in [0.25, 0.3) is 0 Å². The van der Waals surface area contributed by atoms with Crippen molar-refractivity contribution in [3.8, 4) is 11.8 Å². The van der Waals surface area contributed by atoms with Crippen LogP contribution >= 0.6 is 0 Å². The molecule has 0 radical (unpaired) electrons. The maximum absolute atomic E-state index is 11.4. The SMILES string of the molecule is O=C(CCCc1ccc(O)cc1)Oc1ncco1. The summed E-state index contributed by atoms with van der Waals surface area (Å²) in [4.78, 5) is 15.1. The summed E-state index contributed by atoms with van der Waals surface area (Å²) in [6.45, 7) is 0. The third-order valence-electron chi connectivity index (χ3n) is 2.39. The average molecular weight is 247 g/mol. The first-order chi connectivity index (χ1) is 8.74. The number of aryl methyl sites for hydroxylation is 1. The second kappa shape index (κ2) is 5.86. The number of nitrogens with zero attached hydrogens (tertiary/aromatic N) is 1. The Bertz CT molecular complexity index is 490. The summed E-state index contributed by atoms with van der Waals surface area (Å²) in [5.74, 6) is -0.127. The molecule has 0 saturated carbocycles. The molecule has 0 aliphatic heterocycles. The van der Waals surface area contributed by atoms with Crippen LogP contribution in [0.4, 0.5) is 0 Å². The Morgan fingerprint density at radius 2 is 2.11 bits per heavy atom. The summed E-state index contributed by atoms with van der Waals surface area (Å²) in [6, 6.07) is 6.91. The van der Waals surface area contributed by atoms with E-state index in [1.807, 2.05) is 12.1 Å². The lowest BCUT2D eigenvalue weighted by atomic mass is 10.1. The van der Waals surface area contributed by atoms with E-state index < -0.39 is 0 Å². The first-order valence-electron chi connectivity index (χ1n) is 5.62. The van der Waals surface area contributed by atoms with Gasteiger partial charge in [0.05, 0.1) is 6.20 Å². The maximum atomic E-state index is 11.4. The van der Waals surface area contributed by atoms with E-state index in [4.69, 9.17) is 14.3 Å². The monoisotopic (exact) mass is 247 g/mol. The molecule has 0 aliphatic carbocycles. The minimum absolute atomic E-state index is 0.0235. The zero-order valence-electron chi connectivity index (χ0n) is 9.70. The highest BCUT2D eigenvalue weighted by Gasteiger charge is 2.07. The van der Waals surface area contributed by atoms with Crippen LogP contribution in [0.25, 0.3) is 0 Å². The number of hydrogen-bond donors (Lipinski definition) is 1. The first kappa shape index (κ1) is 12.2. The van der Waals surface area contributed by atoms with E-state index in [1.165, 1.54) is 12.5 Å². The van der Waals surface area contributed by atoms with Crippen molar-refractivity contribution in [2.24, 2.45) is 0 Å². The van der Waals surface area contributed by atoms with Gasteiger partial charge in [0.2, 0.25) is 0 Å². The molecule has 0 amide bonds. The number of rotatable bonds is 5. The Morgan fingerprint density at radius 1 is 1.33 bits per heavy atom. The van der Waals surface area contributed by atoms with Crippen molar-refractivity contribution < 1.29 is 19.1 Å². The summed E-state index contributed by atoms with van der Waals surface area (Å²) < 4.78 is 9.65. The van der Waals surface area contributed by atoms with Crippen molar-refractivity contribution in [3.05, 3.63) is 42.3 Å². The molecule has 0 spiro atoms. The van der Waals surface area contributed by atoms with Gasteiger partial charge in [-0.2, -0.15) is 4.98 Å². The quantitative estimate of drug-likeness (QED) is 0.821. The number of esters is 1. The van der Waals surface area contributed by atoms with Gasteiger partial charge in [0.1, 0.15) is 12.0 Å². The fourth-order valence-electron chi connectivity index (χ4n) is 1.51. The van der Waals surface area contributed by atoms with Crippen molar-refractivity contribution >= 4 is 5.97 Å². The summed E-state index contributed by atoms with van der Waals surface area (Å²) in [6.07, 6.45) is 4.46. The molecule has 0 atom stereocenters. The molecule has 0 bridgehead atoms. The van der Waals surface area contributed by atoms with Crippen LogP contribution in [0.15, 0.2) is 41.1 Å². The first-order valence-corrected chi connectivity index (χ1v) is 5.62. The second-order valence-electron chi connectivity index (χ2n) is 3.79. The number of carbonyl (C=O) groups excluding carboxylic acids is 1. The molecule has 1 N–H and O–H groups in total. The summed E-state index contributed by atoms with van der Waals surface area (Å²) in [7, 11) is 0. The van der Waals surface area contributed by atoms with Crippen molar-refractivity contribution in [3.63, 3.8) is 0 Å². The van der Waals surface area contributed by atoms with E-state index in [-0.39, 0.29) is 17.8 Å². The van der Waals surface area contributed by atoms with E-state index in [2.05, 4.69) is 4.98 Å². The van der Waals surface area contributed by atoms with Gasteiger partial charge in [-0.05, 0) is 30.5 Å². The number of carbonyl (C=O) groups is 1. The van der Waals surface area contributed by atoms with Crippen LogP contribution in [0.3, 0.4) is 0 Å². The van der Waals surface area contributed by atoms with Crippen LogP contribution in [0.2, 0.25) is 0 Å². The van der Waals surface area contributed by atoms with Crippen molar-refractivity contribution in [1.82, 2.24) is 4.98 Å². The number of aromatic hydroxyl groups is 1. The fourth-order valence-corrected chi connectivity index (χ4v) is 1.51. The van der Waals surface area contributed by atoms with Gasteiger partial charge in [-0.3, -0.25) is 4.79 Å². The molecule has 0 aliphatic rings. The van der Waals surface area contributed by atoms with E-state index >= 15 is 0 Å². The average Bonchev–Trinajstić information content (AvgIpc) is 2.84. The smallest absolute Gasteiger partial charge is 0.401 e. The zero-order chi connectivity index (χ0) is 12.8. The van der Waals surface area contributed by atoms with Crippen LogP contribution < -0.4 is 4.74 Å². The van der Waals surface area contributed by atoms with Crippen LogP contribution in [-0.4, -0.2) is 16.1 Å². The molecule has 1 heterocycles. The van der Waals surface area contributed by atoms with Crippen LogP contribution in [-0.2, 0) is 11.2 Å². The Morgan fingerprint density at radius 3 is 2.78 bits per heavy atom. The normalized spacial score (nSPS) is 10.2. The van der Waals surface area contributed by atoms with Crippen LogP contribution in [0, 0.1) is 0 Å². The molecule has 1 aromatic heterocycles. The van der Waals surface area contributed by atoms with Gasteiger partial charge in [0, 0.05) is 6.42 Å². The highest BCUT2D eigenvalue weighted by molar-refractivity contribution is 5.71. The highest BCUT2D eigenvalue weighted by atomic mass is 16.6. The molecular formula is C13H13NO4. The number of hydrogen-bond acceptors (Lipinski definition) is 5. The molecule has 0 saturated heterocycles. The van der Waals surface area contributed by atoms with Gasteiger partial charge < -0.3 is 14.3 Å². The molecule has 1 aromatic carbocycles. The van der Waals surface area contributed by atoms with Crippen LogP contribution in [0.5, 0.6) is 11.8 Å². The summed E-state index contributed by atoms with van der Waals surface area (Å²) in [5.41, 5.74) is 1.07. The van der Waals surface area contributed by atoms with Gasteiger partial charge in [-0.1, -0.05) is 12.1 Å². The molecule has 0 unspecified atom stereocenters. The fraction of sp³-hybridized carbons (Fsp3) is 0.231. The third kappa shape index (κ3) is 3.62. The molecule has 5 heteroatoms. The number of ether oxygens (including phenoxy) is 1. The van der Waals surface area contributed by atoms with E-state index in [0.29, 0.717) is 12.8 Å². The Labute approximate surface area is 104 Å². The number of aromatic nitrogens is 1. The number of benzene rings is 1. The third-order valence-corrected chi connectivity index (χ3v) is 2.39. The topological polar surface area (TPSA) is 72.6 Å². The predicted molar refractivity (Wildman–Crippen MR) is 63.2 cm³/mol. The van der Waals surface area contributed by atoms with Gasteiger partial charge in [0.15, 0.2) is 0 Å². The number of phenolic OH excluding ortho intramolecular Hbond substituents is 1. The van der Waals surface area contributed by atoms with Gasteiger partial charge >= 0.3 is 12.0 Å². The van der Waals surface area contributed by atoms with Crippen molar-refractivity contribution in [2.75, 3.05) is 0 Å². The number of phenols is 1. The molecule has 18 heavy (non-hydrogen) atoms. The Kier molecular flexibility index (Phi) is 3.96. The zero-order valence-corrected chi connectivity index (χ0v) is 9.70. The lowest BCUT2D eigenvalue weighted by Gasteiger charge is -2.01. The molecular weight excluding hydrogens is 234 g/mol. The molecule has 2 aromatic rings.